The van der Waals surface area contributed by atoms with Crippen LogP contribution >= 0.6 is 23.2 Å². The predicted octanol–water partition coefficient (Wildman–Crippen LogP) is 4.48. The number of benzene rings is 2. The van der Waals surface area contributed by atoms with E-state index in [9.17, 15) is 4.79 Å². The molecule has 0 spiro atoms. The van der Waals surface area contributed by atoms with Crippen molar-refractivity contribution in [2.75, 3.05) is 61.6 Å². The summed E-state index contributed by atoms with van der Waals surface area (Å²) < 4.78 is 21.3. The summed E-state index contributed by atoms with van der Waals surface area (Å²) in [5, 5.41) is 6.06. The number of ether oxygens (including phenoxy) is 1. The van der Waals surface area contributed by atoms with Crippen LogP contribution in [0.3, 0.4) is 0 Å². The molecule has 1 atom stereocenters. The summed E-state index contributed by atoms with van der Waals surface area (Å²) >= 11 is 13.5. The largest absolute Gasteiger partial charge is 0.378 e. The molecular weight excluding hydrogens is 518 g/mol. The van der Waals surface area contributed by atoms with Gasteiger partial charge in [0.2, 0.25) is 5.95 Å². The fraction of sp³-hybridized carbons (Fsp3) is 0.346. The van der Waals surface area contributed by atoms with Crippen LogP contribution in [0, 0.1) is 5.82 Å². The van der Waals surface area contributed by atoms with Crippen molar-refractivity contribution in [1.82, 2.24) is 15.3 Å². The minimum Gasteiger partial charge on any atom is -0.378 e. The average Bonchev–Trinajstić information content (AvgIpc) is 3.42. The number of rotatable bonds is 6. The molecule has 1 amide bonds. The third-order valence-electron chi connectivity index (χ3n) is 6.70. The van der Waals surface area contributed by atoms with Gasteiger partial charge in [-0.1, -0.05) is 41.4 Å². The Morgan fingerprint density at radius 2 is 1.76 bits per heavy atom. The van der Waals surface area contributed by atoms with Gasteiger partial charge in [0.25, 0.3) is 5.91 Å². The highest BCUT2D eigenvalue weighted by Crippen LogP contribution is 2.48. The monoisotopic (exact) mass is 544 g/mol. The van der Waals surface area contributed by atoms with Gasteiger partial charge in [0.05, 0.1) is 29.6 Å². The molecule has 11 heteroatoms. The van der Waals surface area contributed by atoms with Crippen LogP contribution in [-0.4, -0.2) is 68.4 Å². The molecule has 2 aliphatic rings. The Morgan fingerprint density at radius 3 is 2.41 bits per heavy atom. The Labute approximate surface area is 224 Å². The van der Waals surface area contributed by atoms with Crippen molar-refractivity contribution in [2.24, 2.45) is 0 Å². The van der Waals surface area contributed by atoms with E-state index in [1.807, 2.05) is 22.9 Å². The Kier molecular flexibility index (Phi) is 7.76. The summed E-state index contributed by atoms with van der Waals surface area (Å²) in [5.41, 5.74) is 1.46. The Morgan fingerprint density at radius 1 is 1.05 bits per heavy atom. The number of carbonyl (C=O) groups excluding carboxylic acids is 1. The summed E-state index contributed by atoms with van der Waals surface area (Å²) in [6.45, 7) is 3.76. The fourth-order valence-corrected chi connectivity index (χ4v) is 5.30. The minimum atomic E-state index is -0.685. The summed E-state index contributed by atoms with van der Waals surface area (Å²) in [6, 6.07) is 8.96. The molecule has 1 unspecified atom stereocenters. The van der Waals surface area contributed by atoms with Gasteiger partial charge in [-0.3, -0.25) is 4.79 Å². The van der Waals surface area contributed by atoms with E-state index < -0.39 is 5.82 Å². The van der Waals surface area contributed by atoms with Crippen LogP contribution in [0.1, 0.15) is 16.8 Å². The normalized spacial score (nSPS) is 17.8. The summed E-state index contributed by atoms with van der Waals surface area (Å²) in [7, 11) is 1.88. The van der Waals surface area contributed by atoms with Crippen molar-refractivity contribution in [2.45, 2.75) is 12.5 Å². The molecule has 8 nitrogen and oxygen atoms in total. The molecule has 0 saturated carbocycles. The van der Waals surface area contributed by atoms with Gasteiger partial charge < -0.3 is 25.2 Å². The number of aromatic nitrogens is 2. The molecule has 1 aromatic heterocycles. The van der Waals surface area contributed by atoms with Gasteiger partial charge in [0.15, 0.2) is 5.82 Å². The fourth-order valence-electron chi connectivity index (χ4n) is 4.66. The van der Waals surface area contributed by atoms with Crippen LogP contribution in [-0.2, 0) is 4.74 Å². The highest BCUT2D eigenvalue weighted by atomic mass is 35.5. The molecule has 0 bridgehead atoms. The van der Waals surface area contributed by atoms with Gasteiger partial charge in [0.1, 0.15) is 5.02 Å². The van der Waals surface area contributed by atoms with Gasteiger partial charge in [-0.15, -0.1) is 0 Å². The van der Waals surface area contributed by atoms with Gasteiger partial charge in [-0.05, 0) is 25.6 Å². The Balaban J connectivity index is 1.57. The maximum atomic E-state index is 15.9. The molecule has 2 fully saturated rings. The molecule has 3 aromatic rings. The third kappa shape index (κ3) is 5.22. The van der Waals surface area contributed by atoms with Gasteiger partial charge in [-0.25, -0.2) is 14.4 Å². The zero-order chi connectivity index (χ0) is 25.9. The number of morpholine rings is 1. The molecule has 5 rings (SSSR count). The van der Waals surface area contributed by atoms with Gasteiger partial charge in [0, 0.05) is 61.3 Å². The van der Waals surface area contributed by atoms with Crippen molar-refractivity contribution < 1.29 is 13.9 Å². The predicted molar refractivity (Wildman–Crippen MR) is 145 cm³/mol. The second kappa shape index (κ2) is 11.2. The maximum Gasteiger partial charge on any atom is 0.255 e. The van der Waals surface area contributed by atoms with Crippen molar-refractivity contribution in [1.29, 1.82) is 0 Å². The highest BCUT2D eigenvalue weighted by molar-refractivity contribution is 6.41. The second-order valence-electron chi connectivity index (χ2n) is 8.95. The van der Waals surface area contributed by atoms with Crippen LogP contribution in [0.4, 0.5) is 21.7 Å². The van der Waals surface area contributed by atoms with Crippen molar-refractivity contribution in [3.63, 3.8) is 0 Å². The number of nitrogens with one attached hydrogen (secondary N) is 2. The number of anilines is 3. The van der Waals surface area contributed by atoms with Gasteiger partial charge >= 0.3 is 0 Å². The molecule has 2 aliphatic heterocycles. The number of hydrogen-bond acceptors (Lipinski definition) is 7. The number of nitrogens with zero attached hydrogens (tertiary/aromatic N) is 4. The SMILES string of the molecule is CNC1CCN(c2c(Cl)c(F)c(-c3cnc(N4CCOCC4)nc3)c(Cl)c2NC(=O)c2ccccc2)C1. The van der Waals surface area contributed by atoms with E-state index in [-0.39, 0.29) is 33.2 Å². The molecule has 0 radical (unpaired) electrons. The van der Waals surface area contributed by atoms with Crippen molar-refractivity contribution in [3.05, 3.63) is 64.2 Å². The lowest BCUT2D eigenvalue weighted by atomic mass is 10.0. The smallest absolute Gasteiger partial charge is 0.255 e. The van der Waals surface area contributed by atoms with Crippen LogP contribution in [0.15, 0.2) is 42.7 Å². The number of carbonyl (C=O) groups is 1. The highest BCUT2D eigenvalue weighted by Gasteiger charge is 2.32. The zero-order valence-corrected chi connectivity index (χ0v) is 21.8. The molecule has 2 N–H and O–H groups in total. The molecule has 2 saturated heterocycles. The standard InChI is InChI=1S/C26H27Cl2FN6O2/c1-30-18-7-8-35(15-18)24-21(28)22(29)19(17-13-31-26(32-14-17)34-9-11-37-12-10-34)20(27)23(24)33-25(36)16-5-3-2-4-6-16/h2-6,13-14,18,30H,7-12,15H2,1H3,(H,33,36). The molecule has 194 valence electrons. The second-order valence-corrected chi connectivity index (χ2v) is 9.71. The molecular formula is C26H27Cl2FN6O2. The lowest BCUT2D eigenvalue weighted by Crippen LogP contribution is -2.37. The molecule has 2 aromatic carbocycles. The summed E-state index contributed by atoms with van der Waals surface area (Å²) in [5.74, 6) is -0.533. The van der Waals surface area contributed by atoms with Crippen molar-refractivity contribution in [3.8, 4) is 11.1 Å². The quantitative estimate of drug-likeness (QED) is 0.443. The van der Waals surface area contributed by atoms with E-state index in [1.165, 1.54) is 12.4 Å². The first kappa shape index (κ1) is 25.7. The zero-order valence-electron chi connectivity index (χ0n) is 20.3. The number of hydrogen-bond donors (Lipinski definition) is 2. The summed E-state index contributed by atoms with van der Waals surface area (Å²) in [4.78, 5) is 26.0. The first-order valence-corrected chi connectivity index (χ1v) is 12.9. The van der Waals surface area contributed by atoms with Crippen LogP contribution < -0.4 is 20.4 Å². The minimum absolute atomic E-state index is 0.0386. The van der Waals surface area contributed by atoms with E-state index >= 15 is 4.39 Å². The lowest BCUT2D eigenvalue weighted by Gasteiger charge is -2.27. The molecule has 0 aliphatic carbocycles. The van der Waals surface area contributed by atoms with E-state index in [0.717, 1.165) is 6.42 Å². The maximum absolute atomic E-state index is 15.9. The van der Waals surface area contributed by atoms with E-state index in [2.05, 4.69) is 20.6 Å². The van der Waals surface area contributed by atoms with Crippen molar-refractivity contribution >= 4 is 46.4 Å². The Bertz CT molecular complexity index is 1270. The van der Waals surface area contributed by atoms with E-state index in [4.69, 9.17) is 27.9 Å². The summed E-state index contributed by atoms with van der Waals surface area (Å²) in [6.07, 6.45) is 3.89. The first-order valence-electron chi connectivity index (χ1n) is 12.1. The lowest BCUT2D eigenvalue weighted by molar-refractivity contribution is 0.102. The van der Waals surface area contributed by atoms with Crippen LogP contribution in [0.2, 0.25) is 10.0 Å². The Hall–Kier alpha value is -2.98. The van der Waals surface area contributed by atoms with E-state index in [1.54, 1.807) is 24.3 Å². The van der Waals surface area contributed by atoms with Gasteiger partial charge in [-0.2, -0.15) is 0 Å². The number of likely N-dealkylation sites (N-methyl/N-ethyl adjacent to an activating group) is 1. The van der Waals surface area contributed by atoms with Crippen LogP contribution in [0.25, 0.3) is 11.1 Å². The number of halogens is 3. The molecule has 3 heterocycles. The third-order valence-corrected chi connectivity index (χ3v) is 7.43. The van der Waals surface area contributed by atoms with E-state index in [0.29, 0.717) is 62.2 Å². The first-order chi connectivity index (χ1) is 18.0. The van der Waals surface area contributed by atoms with Crippen LogP contribution in [0.5, 0.6) is 0 Å². The average molecular weight is 545 g/mol. The number of amides is 1. The topological polar surface area (TPSA) is 82.6 Å². The molecule has 37 heavy (non-hydrogen) atoms.